The summed E-state index contributed by atoms with van der Waals surface area (Å²) < 4.78 is 0. The third-order valence-corrected chi connectivity index (χ3v) is 5.13. The molecular formula is C22H23N3OS. The molecule has 1 aromatic heterocycles. The standard InChI is InChI=1S/C22H23N3OS/c1-4-25(19-13-9-6-10-14-19)21(26)17(3)27-22-23-16(2)15-20(24-22)18-11-7-5-8-12-18/h5-15,17H,4H2,1-3H3/t17-/m1/s1. The molecule has 138 valence electrons. The highest BCUT2D eigenvalue weighted by molar-refractivity contribution is 8.00. The van der Waals surface area contributed by atoms with Gasteiger partial charge < -0.3 is 4.90 Å². The van der Waals surface area contributed by atoms with Gasteiger partial charge in [-0.05, 0) is 39.0 Å². The van der Waals surface area contributed by atoms with E-state index in [2.05, 4.69) is 9.97 Å². The summed E-state index contributed by atoms with van der Waals surface area (Å²) in [6.07, 6.45) is 0. The average Bonchev–Trinajstić information content (AvgIpc) is 2.69. The third-order valence-electron chi connectivity index (χ3n) is 4.18. The van der Waals surface area contributed by atoms with Crippen molar-refractivity contribution in [1.29, 1.82) is 0 Å². The molecule has 0 aliphatic heterocycles. The normalized spacial score (nSPS) is 11.8. The fraction of sp³-hybridized carbons (Fsp3) is 0.227. The topological polar surface area (TPSA) is 46.1 Å². The van der Waals surface area contributed by atoms with E-state index < -0.39 is 0 Å². The summed E-state index contributed by atoms with van der Waals surface area (Å²) in [7, 11) is 0. The lowest BCUT2D eigenvalue weighted by Crippen LogP contribution is -2.36. The predicted octanol–water partition coefficient (Wildman–Crippen LogP) is 4.99. The van der Waals surface area contributed by atoms with E-state index in [0.717, 1.165) is 22.6 Å². The zero-order valence-electron chi connectivity index (χ0n) is 15.8. The maximum atomic E-state index is 13.0. The zero-order valence-corrected chi connectivity index (χ0v) is 16.6. The van der Waals surface area contributed by atoms with Crippen LogP contribution in [0.15, 0.2) is 71.9 Å². The van der Waals surface area contributed by atoms with Crippen molar-refractivity contribution in [3.05, 3.63) is 72.4 Å². The zero-order chi connectivity index (χ0) is 19.2. The van der Waals surface area contributed by atoms with Crippen LogP contribution < -0.4 is 4.90 Å². The smallest absolute Gasteiger partial charge is 0.240 e. The van der Waals surface area contributed by atoms with Crippen molar-refractivity contribution >= 4 is 23.4 Å². The number of anilines is 1. The molecule has 0 unspecified atom stereocenters. The fourth-order valence-electron chi connectivity index (χ4n) is 2.85. The Morgan fingerprint density at radius 1 is 1.04 bits per heavy atom. The third kappa shape index (κ3) is 4.74. The lowest BCUT2D eigenvalue weighted by atomic mass is 10.1. The van der Waals surface area contributed by atoms with E-state index in [1.165, 1.54) is 11.8 Å². The first-order valence-corrected chi connectivity index (χ1v) is 9.90. The molecule has 0 saturated carbocycles. The van der Waals surface area contributed by atoms with Crippen molar-refractivity contribution in [2.75, 3.05) is 11.4 Å². The van der Waals surface area contributed by atoms with E-state index >= 15 is 0 Å². The molecular weight excluding hydrogens is 354 g/mol. The Balaban J connectivity index is 1.80. The summed E-state index contributed by atoms with van der Waals surface area (Å²) in [4.78, 5) is 24.0. The van der Waals surface area contributed by atoms with Crippen molar-refractivity contribution in [2.24, 2.45) is 0 Å². The highest BCUT2D eigenvalue weighted by Crippen LogP contribution is 2.26. The summed E-state index contributed by atoms with van der Waals surface area (Å²) in [6.45, 7) is 6.47. The second-order valence-corrected chi connectivity index (χ2v) is 7.53. The minimum atomic E-state index is -0.282. The van der Waals surface area contributed by atoms with Crippen LogP contribution >= 0.6 is 11.8 Å². The molecule has 3 rings (SSSR count). The van der Waals surface area contributed by atoms with Crippen LogP contribution in [0.2, 0.25) is 0 Å². The van der Waals surface area contributed by atoms with E-state index in [1.54, 1.807) is 4.90 Å². The maximum Gasteiger partial charge on any atom is 0.240 e. The Morgan fingerprint density at radius 2 is 1.67 bits per heavy atom. The Morgan fingerprint density at radius 3 is 2.30 bits per heavy atom. The molecule has 0 saturated heterocycles. The van der Waals surface area contributed by atoms with E-state index in [4.69, 9.17) is 0 Å². The number of amides is 1. The number of carbonyl (C=O) groups excluding carboxylic acids is 1. The molecule has 5 heteroatoms. The van der Waals surface area contributed by atoms with Crippen LogP contribution in [0.3, 0.4) is 0 Å². The van der Waals surface area contributed by atoms with Crippen molar-refractivity contribution in [2.45, 2.75) is 31.2 Å². The number of aryl methyl sites for hydroxylation is 1. The number of hydrogen-bond acceptors (Lipinski definition) is 4. The van der Waals surface area contributed by atoms with E-state index in [0.29, 0.717) is 11.7 Å². The molecule has 0 spiro atoms. The van der Waals surface area contributed by atoms with Crippen molar-refractivity contribution < 1.29 is 4.79 Å². The van der Waals surface area contributed by atoms with Gasteiger partial charge in [0.1, 0.15) is 0 Å². The molecule has 1 heterocycles. The Bertz CT molecular complexity index is 900. The number of rotatable bonds is 6. The van der Waals surface area contributed by atoms with Gasteiger partial charge in [0, 0.05) is 23.5 Å². The molecule has 27 heavy (non-hydrogen) atoms. The molecule has 0 radical (unpaired) electrons. The van der Waals surface area contributed by atoms with Crippen LogP contribution in [-0.4, -0.2) is 27.7 Å². The van der Waals surface area contributed by atoms with Crippen LogP contribution in [-0.2, 0) is 4.79 Å². The fourth-order valence-corrected chi connectivity index (χ4v) is 3.74. The number of nitrogens with zero attached hydrogens (tertiary/aromatic N) is 3. The van der Waals surface area contributed by atoms with Crippen LogP contribution in [0.1, 0.15) is 19.5 Å². The average molecular weight is 378 g/mol. The molecule has 0 N–H and O–H groups in total. The molecule has 3 aromatic rings. The molecule has 0 fully saturated rings. The van der Waals surface area contributed by atoms with E-state index in [-0.39, 0.29) is 11.2 Å². The minimum absolute atomic E-state index is 0.0556. The lowest BCUT2D eigenvalue weighted by molar-refractivity contribution is -0.117. The minimum Gasteiger partial charge on any atom is -0.312 e. The summed E-state index contributed by atoms with van der Waals surface area (Å²) in [5.41, 5.74) is 3.72. The van der Waals surface area contributed by atoms with Gasteiger partial charge in [-0.2, -0.15) is 0 Å². The van der Waals surface area contributed by atoms with Crippen LogP contribution in [0.25, 0.3) is 11.3 Å². The number of benzene rings is 2. The molecule has 4 nitrogen and oxygen atoms in total. The van der Waals surface area contributed by atoms with Gasteiger partial charge in [0.25, 0.3) is 0 Å². The molecule has 1 atom stereocenters. The van der Waals surface area contributed by atoms with Crippen LogP contribution in [0.5, 0.6) is 0 Å². The quantitative estimate of drug-likeness (QED) is 0.449. The first-order valence-electron chi connectivity index (χ1n) is 9.02. The van der Waals surface area contributed by atoms with E-state index in [1.807, 2.05) is 87.5 Å². The lowest BCUT2D eigenvalue weighted by Gasteiger charge is -2.24. The van der Waals surface area contributed by atoms with Gasteiger partial charge in [0.2, 0.25) is 5.91 Å². The van der Waals surface area contributed by atoms with Crippen LogP contribution in [0.4, 0.5) is 5.69 Å². The number of aromatic nitrogens is 2. The van der Waals surface area contributed by atoms with Gasteiger partial charge in [-0.25, -0.2) is 9.97 Å². The summed E-state index contributed by atoms with van der Waals surface area (Å²) in [6, 6.07) is 21.7. The number of thioether (sulfide) groups is 1. The Labute approximate surface area is 164 Å². The van der Waals surface area contributed by atoms with E-state index in [9.17, 15) is 4.79 Å². The molecule has 0 aliphatic carbocycles. The maximum absolute atomic E-state index is 13.0. The first-order chi connectivity index (χ1) is 13.1. The number of carbonyl (C=O) groups is 1. The summed E-state index contributed by atoms with van der Waals surface area (Å²) in [5, 5.41) is 0.342. The van der Waals surface area contributed by atoms with Gasteiger partial charge in [-0.15, -0.1) is 0 Å². The monoisotopic (exact) mass is 377 g/mol. The van der Waals surface area contributed by atoms with Gasteiger partial charge >= 0.3 is 0 Å². The predicted molar refractivity (Wildman–Crippen MR) is 112 cm³/mol. The number of para-hydroxylation sites is 1. The van der Waals surface area contributed by atoms with Crippen molar-refractivity contribution in [3.8, 4) is 11.3 Å². The van der Waals surface area contributed by atoms with Gasteiger partial charge in [-0.1, -0.05) is 60.3 Å². The second kappa shape index (κ2) is 8.82. The molecule has 2 aromatic carbocycles. The molecule has 1 amide bonds. The Kier molecular flexibility index (Phi) is 6.24. The SMILES string of the molecule is CCN(C(=O)[C@@H](C)Sc1nc(C)cc(-c2ccccc2)n1)c1ccccc1. The second-order valence-electron chi connectivity index (χ2n) is 6.22. The van der Waals surface area contributed by atoms with Gasteiger partial charge in [0.15, 0.2) is 5.16 Å². The highest BCUT2D eigenvalue weighted by Gasteiger charge is 2.23. The molecule has 0 bridgehead atoms. The summed E-state index contributed by atoms with van der Waals surface area (Å²) >= 11 is 1.40. The van der Waals surface area contributed by atoms with Crippen LogP contribution in [0, 0.1) is 6.92 Å². The van der Waals surface area contributed by atoms with Gasteiger partial charge in [0.05, 0.1) is 10.9 Å². The first kappa shape index (κ1) is 19.1. The largest absolute Gasteiger partial charge is 0.312 e. The van der Waals surface area contributed by atoms with Crippen molar-refractivity contribution in [3.63, 3.8) is 0 Å². The number of hydrogen-bond donors (Lipinski definition) is 0. The van der Waals surface area contributed by atoms with Crippen molar-refractivity contribution in [1.82, 2.24) is 9.97 Å². The Hall–Kier alpha value is -2.66. The highest BCUT2D eigenvalue weighted by atomic mass is 32.2. The summed E-state index contributed by atoms with van der Waals surface area (Å²) in [5.74, 6) is 0.0556. The molecule has 0 aliphatic rings. The van der Waals surface area contributed by atoms with Gasteiger partial charge in [-0.3, -0.25) is 4.79 Å².